The summed E-state index contributed by atoms with van der Waals surface area (Å²) in [6.45, 7) is 0. The van der Waals surface area contributed by atoms with Crippen LogP contribution in [0.15, 0.2) is 27.6 Å². The van der Waals surface area contributed by atoms with Crippen molar-refractivity contribution in [2.45, 2.75) is 73.9 Å². The zero-order valence-corrected chi connectivity index (χ0v) is 19.3. The van der Waals surface area contributed by atoms with Gasteiger partial charge in [-0.15, -0.1) is 0 Å². The maximum Gasteiger partial charge on any atom is 0.273 e. The molecule has 1 aromatic heterocycles. The largest absolute Gasteiger partial charge is 0.360 e. The number of aromatic nitrogens is 1. The van der Waals surface area contributed by atoms with Gasteiger partial charge in [0.15, 0.2) is 5.69 Å². The molecule has 9 nitrogen and oxygen atoms in total. The van der Waals surface area contributed by atoms with E-state index in [1.165, 1.54) is 12.1 Å². The van der Waals surface area contributed by atoms with Crippen LogP contribution in [0.5, 0.6) is 0 Å². The first kappa shape index (κ1) is 21.1. The first-order chi connectivity index (χ1) is 15.8. The lowest BCUT2D eigenvalue weighted by molar-refractivity contribution is -0.115. The van der Waals surface area contributed by atoms with Crippen molar-refractivity contribution in [1.29, 1.82) is 0 Å². The second-order valence-corrected chi connectivity index (χ2v) is 11.6. The quantitative estimate of drug-likeness (QED) is 0.664. The fourth-order valence-corrected chi connectivity index (χ4v) is 7.84. The third-order valence-electron chi connectivity index (χ3n) is 7.08. The number of benzene rings is 1. The van der Waals surface area contributed by atoms with E-state index in [2.05, 4.69) is 15.8 Å². The highest BCUT2D eigenvalue weighted by molar-refractivity contribution is 7.89. The Kier molecular flexibility index (Phi) is 4.83. The van der Waals surface area contributed by atoms with Crippen molar-refractivity contribution in [3.05, 3.63) is 40.2 Å². The van der Waals surface area contributed by atoms with Gasteiger partial charge in [-0.3, -0.25) is 9.59 Å². The molecule has 1 aromatic carbocycles. The Hall–Kier alpha value is -2.43. The summed E-state index contributed by atoms with van der Waals surface area (Å²) < 4.78 is 34.0. The summed E-state index contributed by atoms with van der Waals surface area (Å²) in [5, 5.41) is 9.70. The van der Waals surface area contributed by atoms with E-state index in [-0.39, 0.29) is 52.0 Å². The molecule has 0 unspecified atom stereocenters. The van der Waals surface area contributed by atoms with Crippen molar-refractivity contribution >= 4 is 39.1 Å². The minimum atomic E-state index is -3.85. The highest BCUT2D eigenvalue weighted by Crippen LogP contribution is 2.43. The number of halogens is 1. The van der Waals surface area contributed by atoms with Crippen molar-refractivity contribution in [2.75, 3.05) is 5.32 Å². The number of piperidine rings is 1. The summed E-state index contributed by atoms with van der Waals surface area (Å²) in [5.74, 6) is 0.668. The molecule has 1 saturated carbocycles. The first-order valence-corrected chi connectivity index (χ1v) is 13.0. The summed E-state index contributed by atoms with van der Waals surface area (Å²) in [4.78, 5) is 24.4. The molecule has 2 amide bonds. The predicted octanol–water partition coefficient (Wildman–Crippen LogP) is 2.81. The lowest BCUT2D eigenvalue weighted by Gasteiger charge is -2.38. The number of carbonyl (C=O) groups excluding carboxylic acids is 2. The van der Waals surface area contributed by atoms with Gasteiger partial charge in [0.05, 0.1) is 11.4 Å². The zero-order chi connectivity index (χ0) is 22.9. The minimum Gasteiger partial charge on any atom is -0.360 e. The van der Waals surface area contributed by atoms with Crippen LogP contribution in [0.3, 0.4) is 0 Å². The molecule has 2 saturated heterocycles. The van der Waals surface area contributed by atoms with Gasteiger partial charge < -0.3 is 15.2 Å². The molecule has 3 aliphatic heterocycles. The van der Waals surface area contributed by atoms with Crippen molar-refractivity contribution in [2.24, 2.45) is 0 Å². The molecule has 6 rings (SSSR count). The van der Waals surface area contributed by atoms with Gasteiger partial charge >= 0.3 is 0 Å². The SMILES string of the molecule is O=C1Cc2cc(S(=O)(=O)N3[C@@H]4CC[C@H]3C[C@H](NC(=O)c3cc(C5CC5)on3)C4)c(Cl)cc2N1. The van der Waals surface area contributed by atoms with E-state index < -0.39 is 10.0 Å². The Bertz CT molecular complexity index is 1260. The van der Waals surface area contributed by atoms with Crippen molar-refractivity contribution in [3.8, 4) is 0 Å². The molecular weight excluding hydrogens is 468 g/mol. The highest BCUT2D eigenvalue weighted by Gasteiger charge is 2.48. The van der Waals surface area contributed by atoms with Gasteiger partial charge in [-0.1, -0.05) is 16.8 Å². The molecule has 11 heteroatoms. The maximum absolute atomic E-state index is 13.6. The van der Waals surface area contributed by atoms with Gasteiger partial charge in [0.25, 0.3) is 5.91 Å². The lowest BCUT2D eigenvalue weighted by Crippen LogP contribution is -2.52. The predicted molar refractivity (Wildman–Crippen MR) is 119 cm³/mol. The van der Waals surface area contributed by atoms with Crippen LogP contribution in [0.4, 0.5) is 5.69 Å². The van der Waals surface area contributed by atoms with Crippen molar-refractivity contribution < 1.29 is 22.5 Å². The molecule has 4 heterocycles. The highest BCUT2D eigenvalue weighted by atomic mass is 35.5. The van der Waals surface area contributed by atoms with Crippen LogP contribution in [0.1, 0.15) is 66.3 Å². The number of rotatable bonds is 5. The van der Waals surface area contributed by atoms with E-state index in [4.69, 9.17) is 16.1 Å². The summed E-state index contributed by atoms with van der Waals surface area (Å²) in [6, 6.07) is 4.15. The molecule has 3 atom stereocenters. The van der Waals surface area contributed by atoms with Crippen LogP contribution >= 0.6 is 11.6 Å². The second kappa shape index (κ2) is 7.54. The molecule has 33 heavy (non-hydrogen) atoms. The van der Waals surface area contributed by atoms with Gasteiger partial charge in [-0.2, -0.15) is 4.31 Å². The number of anilines is 1. The van der Waals surface area contributed by atoms with Crippen LogP contribution in [-0.4, -0.2) is 47.8 Å². The number of nitrogens with zero attached hydrogens (tertiary/aromatic N) is 2. The standard InChI is InChI=1S/C22H23ClN4O5S/c23-16-9-17-12(6-21(28)25-17)5-20(16)33(30,31)27-14-3-4-15(27)8-13(7-14)24-22(29)18-10-19(32-26-18)11-1-2-11/h5,9-11,13-15H,1-4,6-8H2,(H,24,29)(H,25,28)/t13-,14-,15+. The smallest absolute Gasteiger partial charge is 0.273 e. The fraction of sp³-hybridized carbons (Fsp3) is 0.500. The third kappa shape index (κ3) is 3.64. The molecule has 3 fully saturated rings. The van der Waals surface area contributed by atoms with Gasteiger partial charge in [0, 0.05) is 35.8 Å². The molecule has 2 aromatic rings. The molecule has 174 valence electrons. The summed E-state index contributed by atoms with van der Waals surface area (Å²) in [5.41, 5.74) is 1.47. The van der Waals surface area contributed by atoms with E-state index in [1.807, 2.05) is 0 Å². The number of nitrogens with one attached hydrogen (secondary N) is 2. The van der Waals surface area contributed by atoms with E-state index in [9.17, 15) is 18.0 Å². The van der Waals surface area contributed by atoms with Crippen LogP contribution < -0.4 is 10.6 Å². The number of sulfonamides is 1. The first-order valence-electron chi connectivity index (χ1n) is 11.2. The number of carbonyl (C=O) groups is 2. The summed E-state index contributed by atoms with van der Waals surface area (Å²) in [7, 11) is -3.85. The third-order valence-corrected chi connectivity index (χ3v) is 9.55. The minimum absolute atomic E-state index is 0.0361. The normalized spacial score (nSPS) is 26.8. The zero-order valence-electron chi connectivity index (χ0n) is 17.7. The topological polar surface area (TPSA) is 122 Å². The van der Waals surface area contributed by atoms with E-state index in [1.54, 1.807) is 10.4 Å². The fourth-order valence-electron chi connectivity index (χ4n) is 5.40. The van der Waals surface area contributed by atoms with Crippen molar-refractivity contribution in [1.82, 2.24) is 14.8 Å². The van der Waals surface area contributed by atoms with E-state index in [0.717, 1.165) is 31.4 Å². The van der Waals surface area contributed by atoms with Gasteiger partial charge in [0.2, 0.25) is 15.9 Å². The Morgan fingerprint density at radius 1 is 1.15 bits per heavy atom. The van der Waals surface area contributed by atoms with Crippen LogP contribution in [0.2, 0.25) is 5.02 Å². The van der Waals surface area contributed by atoms with Crippen LogP contribution in [0, 0.1) is 0 Å². The Morgan fingerprint density at radius 3 is 2.58 bits per heavy atom. The summed E-state index contributed by atoms with van der Waals surface area (Å²) >= 11 is 6.34. The number of hydrogen-bond acceptors (Lipinski definition) is 6. The molecule has 2 bridgehead atoms. The monoisotopic (exact) mass is 490 g/mol. The van der Waals surface area contributed by atoms with Crippen LogP contribution in [-0.2, 0) is 21.2 Å². The molecule has 2 N–H and O–H groups in total. The Morgan fingerprint density at radius 2 is 1.88 bits per heavy atom. The molecular formula is C22H23ClN4O5S. The van der Waals surface area contributed by atoms with E-state index in [0.29, 0.717) is 30.0 Å². The number of hydrogen-bond donors (Lipinski definition) is 2. The van der Waals surface area contributed by atoms with Gasteiger partial charge in [-0.05, 0) is 56.2 Å². The molecule has 4 aliphatic rings. The van der Waals surface area contributed by atoms with Crippen molar-refractivity contribution in [3.63, 3.8) is 0 Å². The van der Waals surface area contributed by atoms with Crippen LogP contribution in [0.25, 0.3) is 0 Å². The molecule has 1 aliphatic carbocycles. The second-order valence-electron chi connectivity index (χ2n) is 9.42. The molecule has 0 spiro atoms. The lowest BCUT2D eigenvalue weighted by atomic mass is 9.99. The Balaban J connectivity index is 1.19. The Labute approximate surface area is 195 Å². The maximum atomic E-state index is 13.6. The average molecular weight is 491 g/mol. The van der Waals surface area contributed by atoms with Gasteiger partial charge in [-0.25, -0.2) is 8.42 Å². The van der Waals surface area contributed by atoms with Gasteiger partial charge in [0.1, 0.15) is 10.7 Å². The van der Waals surface area contributed by atoms with E-state index >= 15 is 0 Å². The molecule has 0 radical (unpaired) electrons. The number of fused-ring (bicyclic) bond motifs is 3. The average Bonchev–Trinajstić information content (AvgIpc) is 3.25. The number of amides is 2. The summed E-state index contributed by atoms with van der Waals surface area (Å²) in [6.07, 6.45) is 4.78.